The number of rotatable bonds is 9. The first-order valence-corrected chi connectivity index (χ1v) is 9.34. The average molecular weight is 355 g/mol. The molecule has 0 aliphatic heterocycles. The molecule has 4 heteroatoms. The van der Waals surface area contributed by atoms with E-state index in [-0.39, 0.29) is 11.9 Å². The van der Waals surface area contributed by atoms with E-state index in [9.17, 15) is 4.79 Å². The summed E-state index contributed by atoms with van der Waals surface area (Å²) in [6.07, 6.45) is 1.38. The summed E-state index contributed by atoms with van der Waals surface area (Å²) in [6, 6.07) is 13.9. The highest BCUT2D eigenvalue weighted by molar-refractivity contribution is 5.79. The second-order valence-electron chi connectivity index (χ2n) is 6.21. The van der Waals surface area contributed by atoms with Gasteiger partial charge in [0.25, 0.3) is 0 Å². The molecule has 0 spiro atoms. The number of nitrogens with one attached hydrogen (secondary N) is 1. The zero-order chi connectivity index (χ0) is 18.9. The Bertz CT molecular complexity index is 710. The maximum absolute atomic E-state index is 12.4. The van der Waals surface area contributed by atoms with E-state index in [1.54, 1.807) is 0 Å². The van der Waals surface area contributed by atoms with E-state index in [2.05, 4.69) is 24.4 Å². The Balaban J connectivity index is 2.02. The molecule has 1 N–H and O–H groups in total. The van der Waals surface area contributed by atoms with Crippen LogP contribution in [0.5, 0.6) is 11.5 Å². The maximum Gasteiger partial charge on any atom is 0.224 e. The fraction of sp³-hybridized carbons (Fsp3) is 0.409. The van der Waals surface area contributed by atoms with Gasteiger partial charge in [-0.15, -0.1) is 0 Å². The van der Waals surface area contributed by atoms with Gasteiger partial charge in [-0.1, -0.05) is 37.3 Å². The van der Waals surface area contributed by atoms with Gasteiger partial charge in [0.1, 0.15) is 0 Å². The average Bonchev–Trinajstić information content (AvgIpc) is 2.64. The summed E-state index contributed by atoms with van der Waals surface area (Å²) in [7, 11) is 0. The minimum Gasteiger partial charge on any atom is -0.490 e. The van der Waals surface area contributed by atoms with Crippen molar-refractivity contribution < 1.29 is 14.3 Å². The fourth-order valence-electron chi connectivity index (χ4n) is 2.79. The summed E-state index contributed by atoms with van der Waals surface area (Å²) in [5.41, 5.74) is 3.29. The van der Waals surface area contributed by atoms with Gasteiger partial charge < -0.3 is 14.8 Å². The SMILES string of the molecule is CCOc1ccc(C(C)NC(=O)Cc2ccc(CC)cc2)cc1OCC. The molecule has 140 valence electrons. The van der Waals surface area contributed by atoms with Crippen LogP contribution in [-0.2, 0) is 17.6 Å². The van der Waals surface area contributed by atoms with E-state index in [1.165, 1.54) is 5.56 Å². The van der Waals surface area contributed by atoms with Gasteiger partial charge in [0.2, 0.25) is 5.91 Å². The molecule has 0 aliphatic rings. The molecule has 0 aromatic heterocycles. The molecule has 0 fully saturated rings. The van der Waals surface area contributed by atoms with Gasteiger partial charge in [0.15, 0.2) is 11.5 Å². The van der Waals surface area contributed by atoms with Crippen molar-refractivity contribution in [2.45, 2.75) is 46.6 Å². The van der Waals surface area contributed by atoms with E-state index in [0.29, 0.717) is 25.4 Å². The molecule has 1 unspecified atom stereocenters. The largest absolute Gasteiger partial charge is 0.490 e. The van der Waals surface area contributed by atoms with E-state index in [1.807, 2.05) is 51.1 Å². The maximum atomic E-state index is 12.4. The molecule has 0 saturated carbocycles. The zero-order valence-electron chi connectivity index (χ0n) is 16.2. The minimum absolute atomic E-state index is 0.00796. The second-order valence-corrected chi connectivity index (χ2v) is 6.21. The summed E-state index contributed by atoms with van der Waals surface area (Å²) in [5, 5.41) is 3.06. The lowest BCUT2D eigenvalue weighted by atomic mass is 10.1. The third-order valence-corrected chi connectivity index (χ3v) is 4.24. The van der Waals surface area contributed by atoms with E-state index in [0.717, 1.165) is 23.3 Å². The van der Waals surface area contributed by atoms with Crippen molar-refractivity contribution >= 4 is 5.91 Å². The molecule has 1 amide bonds. The van der Waals surface area contributed by atoms with Crippen LogP contribution in [0.25, 0.3) is 0 Å². The molecule has 2 aromatic carbocycles. The topological polar surface area (TPSA) is 47.6 Å². The fourth-order valence-corrected chi connectivity index (χ4v) is 2.79. The van der Waals surface area contributed by atoms with Crippen LogP contribution in [0.3, 0.4) is 0 Å². The molecule has 0 aliphatic carbocycles. The third kappa shape index (κ3) is 5.51. The van der Waals surface area contributed by atoms with Crippen molar-refractivity contribution in [1.29, 1.82) is 0 Å². The van der Waals surface area contributed by atoms with E-state index >= 15 is 0 Å². The lowest BCUT2D eigenvalue weighted by Crippen LogP contribution is -2.28. The van der Waals surface area contributed by atoms with Gasteiger partial charge in [0.05, 0.1) is 25.7 Å². The molecule has 0 heterocycles. The Kier molecular flexibility index (Phi) is 7.52. The molecule has 0 bridgehead atoms. The number of ether oxygens (including phenoxy) is 2. The van der Waals surface area contributed by atoms with E-state index in [4.69, 9.17) is 9.47 Å². The molecule has 0 radical (unpaired) electrons. The molecular weight excluding hydrogens is 326 g/mol. The Labute approximate surface area is 156 Å². The van der Waals surface area contributed by atoms with Gasteiger partial charge >= 0.3 is 0 Å². The number of benzene rings is 2. The summed E-state index contributed by atoms with van der Waals surface area (Å²) in [4.78, 5) is 12.4. The Morgan fingerprint density at radius 3 is 2.15 bits per heavy atom. The molecule has 2 rings (SSSR count). The lowest BCUT2D eigenvalue weighted by molar-refractivity contribution is -0.121. The van der Waals surface area contributed by atoms with Crippen LogP contribution in [0, 0.1) is 0 Å². The van der Waals surface area contributed by atoms with Gasteiger partial charge in [-0.2, -0.15) is 0 Å². The highest BCUT2D eigenvalue weighted by Crippen LogP contribution is 2.30. The number of amides is 1. The number of hydrogen-bond acceptors (Lipinski definition) is 3. The highest BCUT2D eigenvalue weighted by Gasteiger charge is 2.13. The van der Waals surface area contributed by atoms with Crippen molar-refractivity contribution in [2.75, 3.05) is 13.2 Å². The summed E-state index contributed by atoms with van der Waals surface area (Å²) >= 11 is 0. The highest BCUT2D eigenvalue weighted by atomic mass is 16.5. The zero-order valence-corrected chi connectivity index (χ0v) is 16.2. The molecule has 0 saturated heterocycles. The van der Waals surface area contributed by atoms with Crippen LogP contribution in [-0.4, -0.2) is 19.1 Å². The van der Waals surface area contributed by atoms with Gasteiger partial charge in [0, 0.05) is 0 Å². The van der Waals surface area contributed by atoms with Gasteiger partial charge in [-0.3, -0.25) is 4.79 Å². The molecule has 4 nitrogen and oxygen atoms in total. The van der Waals surface area contributed by atoms with Crippen LogP contribution >= 0.6 is 0 Å². The van der Waals surface area contributed by atoms with E-state index < -0.39 is 0 Å². The number of carbonyl (C=O) groups is 1. The first kappa shape index (κ1) is 19.8. The second kappa shape index (κ2) is 9.85. The minimum atomic E-state index is -0.104. The van der Waals surface area contributed by atoms with Gasteiger partial charge in [-0.05, 0) is 56.0 Å². The van der Waals surface area contributed by atoms with Crippen LogP contribution in [0.4, 0.5) is 0 Å². The Hall–Kier alpha value is -2.49. The van der Waals surface area contributed by atoms with Gasteiger partial charge in [-0.25, -0.2) is 0 Å². The lowest BCUT2D eigenvalue weighted by Gasteiger charge is -2.17. The standard InChI is InChI=1S/C22H29NO3/c1-5-17-8-10-18(11-9-17)14-22(24)23-16(4)19-12-13-20(25-6-2)21(15-19)26-7-3/h8-13,15-16H,5-7,14H2,1-4H3,(H,23,24). The molecule has 2 aromatic rings. The normalized spacial score (nSPS) is 11.7. The van der Waals surface area contributed by atoms with Crippen molar-refractivity contribution in [2.24, 2.45) is 0 Å². The number of carbonyl (C=O) groups excluding carboxylic acids is 1. The van der Waals surface area contributed by atoms with Crippen LogP contribution in [0.15, 0.2) is 42.5 Å². The quantitative estimate of drug-likeness (QED) is 0.722. The first-order chi connectivity index (χ1) is 12.6. The number of hydrogen-bond donors (Lipinski definition) is 1. The molecule has 26 heavy (non-hydrogen) atoms. The number of aryl methyl sites for hydroxylation is 1. The Morgan fingerprint density at radius 1 is 0.923 bits per heavy atom. The smallest absolute Gasteiger partial charge is 0.224 e. The third-order valence-electron chi connectivity index (χ3n) is 4.24. The predicted molar refractivity (Wildman–Crippen MR) is 105 cm³/mol. The van der Waals surface area contributed by atoms with Crippen LogP contribution in [0.2, 0.25) is 0 Å². The van der Waals surface area contributed by atoms with Crippen molar-refractivity contribution in [1.82, 2.24) is 5.32 Å². The molecular formula is C22H29NO3. The van der Waals surface area contributed by atoms with Crippen molar-refractivity contribution in [3.63, 3.8) is 0 Å². The summed E-state index contributed by atoms with van der Waals surface area (Å²) in [6.45, 7) is 9.14. The van der Waals surface area contributed by atoms with Crippen molar-refractivity contribution in [3.8, 4) is 11.5 Å². The van der Waals surface area contributed by atoms with Crippen LogP contribution < -0.4 is 14.8 Å². The first-order valence-electron chi connectivity index (χ1n) is 9.34. The summed E-state index contributed by atoms with van der Waals surface area (Å²) in [5.74, 6) is 1.45. The monoisotopic (exact) mass is 355 g/mol. The predicted octanol–water partition coefficient (Wildman–Crippen LogP) is 4.47. The Morgan fingerprint density at radius 2 is 1.54 bits per heavy atom. The van der Waals surface area contributed by atoms with Crippen LogP contribution in [0.1, 0.15) is 50.4 Å². The summed E-state index contributed by atoms with van der Waals surface area (Å²) < 4.78 is 11.3. The van der Waals surface area contributed by atoms with Crippen molar-refractivity contribution in [3.05, 3.63) is 59.2 Å². The molecule has 1 atom stereocenters.